The first-order chi connectivity index (χ1) is 9.45. The van der Waals surface area contributed by atoms with E-state index in [2.05, 4.69) is 4.74 Å². The molecule has 1 saturated heterocycles. The summed E-state index contributed by atoms with van der Waals surface area (Å²) in [4.78, 5) is 13.3. The summed E-state index contributed by atoms with van der Waals surface area (Å²) >= 11 is 0. The van der Waals surface area contributed by atoms with Gasteiger partial charge in [-0.05, 0) is 32.0 Å². The molecule has 1 aliphatic heterocycles. The Morgan fingerprint density at radius 2 is 2.25 bits per heavy atom. The van der Waals surface area contributed by atoms with Crippen LogP contribution < -0.4 is 0 Å². The number of carbonyl (C=O) groups excluding carboxylic acids is 1. The van der Waals surface area contributed by atoms with Crippen molar-refractivity contribution in [3.8, 4) is 0 Å². The first-order valence-corrected chi connectivity index (χ1v) is 6.75. The van der Waals surface area contributed by atoms with Crippen molar-refractivity contribution in [2.24, 2.45) is 11.8 Å². The molecule has 4 nitrogen and oxygen atoms in total. The van der Waals surface area contributed by atoms with Crippen LogP contribution in [0.25, 0.3) is 0 Å². The van der Waals surface area contributed by atoms with Gasteiger partial charge in [-0.3, -0.25) is 4.90 Å². The normalized spacial score (nSPS) is 29.6. The summed E-state index contributed by atoms with van der Waals surface area (Å²) in [5, 5.41) is 0. The SMILES string of the molecule is COC(=O)c1ccc([C@H](C)N2CC[C@@H]3[C@H](C2)C3(F)F)o1. The fourth-order valence-corrected chi connectivity index (χ4v) is 3.07. The van der Waals surface area contributed by atoms with E-state index in [4.69, 9.17) is 4.42 Å². The van der Waals surface area contributed by atoms with Crippen LogP contribution >= 0.6 is 0 Å². The average molecular weight is 285 g/mol. The van der Waals surface area contributed by atoms with Crippen LogP contribution in [0, 0.1) is 11.8 Å². The predicted molar refractivity (Wildman–Crippen MR) is 66.6 cm³/mol. The lowest BCUT2D eigenvalue weighted by Gasteiger charge is -2.30. The molecule has 3 atom stereocenters. The molecule has 0 spiro atoms. The van der Waals surface area contributed by atoms with Gasteiger partial charge in [-0.2, -0.15) is 0 Å². The number of nitrogens with zero attached hydrogens (tertiary/aromatic N) is 1. The number of alkyl halides is 2. The van der Waals surface area contributed by atoms with Gasteiger partial charge >= 0.3 is 5.97 Å². The third kappa shape index (κ3) is 2.02. The van der Waals surface area contributed by atoms with E-state index in [1.54, 1.807) is 12.1 Å². The van der Waals surface area contributed by atoms with Gasteiger partial charge in [-0.25, -0.2) is 13.6 Å². The van der Waals surface area contributed by atoms with Crippen LogP contribution in [0.5, 0.6) is 0 Å². The topological polar surface area (TPSA) is 42.7 Å². The first-order valence-electron chi connectivity index (χ1n) is 6.75. The third-order valence-electron chi connectivity index (χ3n) is 4.50. The summed E-state index contributed by atoms with van der Waals surface area (Å²) in [6.45, 7) is 2.92. The Hall–Kier alpha value is -1.43. The van der Waals surface area contributed by atoms with E-state index in [9.17, 15) is 13.6 Å². The molecule has 2 aliphatic rings. The Morgan fingerprint density at radius 1 is 1.50 bits per heavy atom. The molecule has 0 radical (unpaired) electrons. The summed E-state index contributed by atoms with van der Waals surface area (Å²) in [6.07, 6.45) is 0.520. The molecule has 2 fully saturated rings. The van der Waals surface area contributed by atoms with Crippen LogP contribution in [0.1, 0.15) is 35.7 Å². The minimum absolute atomic E-state index is 0.120. The second kappa shape index (κ2) is 4.55. The molecule has 0 aromatic carbocycles. The molecule has 0 unspecified atom stereocenters. The largest absolute Gasteiger partial charge is 0.463 e. The number of esters is 1. The summed E-state index contributed by atoms with van der Waals surface area (Å²) < 4.78 is 36.8. The minimum atomic E-state index is -2.49. The molecular formula is C14H17F2NO3. The third-order valence-corrected chi connectivity index (χ3v) is 4.50. The smallest absolute Gasteiger partial charge is 0.373 e. The quantitative estimate of drug-likeness (QED) is 0.801. The second-order valence-corrected chi connectivity index (χ2v) is 5.54. The Balaban J connectivity index is 1.69. The van der Waals surface area contributed by atoms with Gasteiger partial charge in [0.05, 0.1) is 13.2 Å². The van der Waals surface area contributed by atoms with Crippen molar-refractivity contribution in [1.82, 2.24) is 4.90 Å². The summed E-state index contributed by atoms with van der Waals surface area (Å²) in [7, 11) is 1.29. The number of carbonyl (C=O) groups is 1. The molecule has 3 rings (SSSR count). The van der Waals surface area contributed by atoms with Crippen molar-refractivity contribution in [2.45, 2.75) is 25.3 Å². The summed E-state index contributed by atoms with van der Waals surface area (Å²) in [5.41, 5.74) is 0. The number of rotatable bonds is 3. The van der Waals surface area contributed by atoms with Gasteiger partial charge in [0, 0.05) is 18.4 Å². The van der Waals surface area contributed by atoms with Crippen LogP contribution in [0.4, 0.5) is 8.78 Å². The zero-order valence-corrected chi connectivity index (χ0v) is 11.4. The van der Waals surface area contributed by atoms with E-state index in [-0.39, 0.29) is 11.8 Å². The van der Waals surface area contributed by atoms with Gasteiger partial charge in [0.25, 0.3) is 5.92 Å². The van der Waals surface area contributed by atoms with Crippen LogP contribution in [0.15, 0.2) is 16.5 Å². The highest BCUT2D eigenvalue weighted by Gasteiger charge is 2.69. The number of hydrogen-bond donors (Lipinski definition) is 0. The number of hydrogen-bond acceptors (Lipinski definition) is 4. The maximum Gasteiger partial charge on any atom is 0.373 e. The molecule has 1 aliphatic carbocycles. The van der Waals surface area contributed by atoms with Crippen LogP contribution in [0.2, 0.25) is 0 Å². The predicted octanol–water partition coefficient (Wildman–Crippen LogP) is 2.71. The van der Waals surface area contributed by atoms with Crippen molar-refractivity contribution >= 4 is 5.97 Å². The average Bonchev–Trinajstić information content (AvgIpc) is 2.84. The highest BCUT2D eigenvalue weighted by molar-refractivity contribution is 5.86. The van der Waals surface area contributed by atoms with E-state index in [1.807, 2.05) is 11.8 Å². The summed E-state index contributed by atoms with van der Waals surface area (Å²) in [5.74, 6) is -3.24. The van der Waals surface area contributed by atoms with Gasteiger partial charge in [-0.1, -0.05) is 0 Å². The van der Waals surface area contributed by atoms with Crippen LogP contribution in [0.3, 0.4) is 0 Å². The molecule has 6 heteroatoms. The molecule has 0 bridgehead atoms. The van der Waals surface area contributed by atoms with E-state index < -0.39 is 23.7 Å². The maximum atomic E-state index is 13.4. The van der Waals surface area contributed by atoms with Crippen molar-refractivity contribution < 1.29 is 22.7 Å². The molecule has 20 heavy (non-hydrogen) atoms. The maximum absolute atomic E-state index is 13.4. The lowest BCUT2D eigenvalue weighted by Crippen LogP contribution is -2.33. The van der Waals surface area contributed by atoms with Crippen molar-refractivity contribution in [2.75, 3.05) is 20.2 Å². The molecule has 1 saturated carbocycles. The van der Waals surface area contributed by atoms with Crippen molar-refractivity contribution in [3.63, 3.8) is 0 Å². The number of piperidine rings is 1. The number of methoxy groups -OCH3 is 1. The van der Waals surface area contributed by atoms with Gasteiger partial charge in [0.15, 0.2) is 0 Å². The number of fused-ring (bicyclic) bond motifs is 1. The Bertz CT molecular complexity index is 528. The van der Waals surface area contributed by atoms with Gasteiger partial charge in [0.2, 0.25) is 5.76 Å². The number of furan rings is 1. The number of likely N-dealkylation sites (tertiary alicyclic amines) is 1. The number of ether oxygens (including phenoxy) is 1. The zero-order chi connectivity index (χ0) is 14.5. The fraction of sp³-hybridized carbons (Fsp3) is 0.643. The van der Waals surface area contributed by atoms with Crippen LogP contribution in [-0.4, -0.2) is 37.0 Å². The van der Waals surface area contributed by atoms with Crippen LogP contribution in [-0.2, 0) is 4.74 Å². The first kappa shape index (κ1) is 13.5. The number of halogens is 2. The molecule has 0 amide bonds. The van der Waals surface area contributed by atoms with E-state index >= 15 is 0 Å². The standard InChI is InChI=1S/C14H17F2NO3/c1-8(11-3-4-12(20-11)13(18)19-2)17-6-5-9-10(7-17)14(9,15)16/h3-4,8-10H,5-7H2,1-2H3/t8-,9+,10-/m0/s1. The molecular weight excluding hydrogens is 268 g/mol. The lowest BCUT2D eigenvalue weighted by molar-refractivity contribution is 0.0557. The van der Waals surface area contributed by atoms with E-state index in [0.717, 1.165) is 0 Å². The van der Waals surface area contributed by atoms with E-state index in [1.165, 1.54) is 7.11 Å². The molecule has 1 aromatic heterocycles. The highest BCUT2D eigenvalue weighted by atomic mass is 19.3. The van der Waals surface area contributed by atoms with Crippen molar-refractivity contribution in [1.29, 1.82) is 0 Å². The lowest BCUT2D eigenvalue weighted by atomic mass is 10.1. The van der Waals surface area contributed by atoms with Gasteiger partial charge in [-0.15, -0.1) is 0 Å². The molecule has 0 N–H and O–H groups in total. The Labute approximate surface area is 115 Å². The van der Waals surface area contributed by atoms with E-state index in [0.29, 0.717) is 25.3 Å². The highest BCUT2D eigenvalue weighted by Crippen LogP contribution is 2.59. The van der Waals surface area contributed by atoms with Gasteiger partial charge < -0.3 is 9.15 Å². The fourth-order valence-electron chi connectivity index (χ4n) is 3.07. The molecule has 110 valence electrons. The zero-order valence-electron chi connectivity index (χ0n) is 11.4. The molecule has 1 aromatic rings. The van der Waals surface area contributed by atoms with Crippen molar-refractivity contribution in [3.05, 3.63) is 23.7 Å². The second-order valence-electron chi connectivity index (χ2n) is 5.54. The monoisotopic (exact) mass is 285 g/mol. The Morgan fingerprint density at radius 3 is 2.90 bits per heavy atom. The minimum Gasteiger partial charge on any atom is -0.463 e. The Kier molecular flexibility index (Phi) is 3.08. The molecule has 2 heterocycles. The summed E-state index contributed by atoms with van der Waals surface area (Å²) in [6, 6.07) is 3.13. The van der Waals surface area contributed by atoms with Gasteiger partial charge in [0.1, 0.15) is 5.76 Å².